The van der Waals surface area contributed by atoms with Crippen molar-refractivity contribution in [2.24, 2.45) is 5.92 Å². The molecule has 1 aliphatic carbocycles. The predicted molar refractivity (Wildman–Crippen MR) is 88.0 cm³/mol. The number of nitrogens with zero attached hydrogens (tertiary/aromatic N) is 1. The van der Waals surface area contributed by atoms with Crippen molar-refractivity contribution in [1.82, 2.24) is 15.3 Å². The molecule has 0 amide bonds. The first-order chi connectivity index (χ1) is 10.1. The predicted octanol–water partition coefficient (Wildman–Crippen LogP) is 3.27. The molecular formula is C16H23N3OS. The topological polar surface area (TPSA) is 57.8 Å². The smallest absolute Gasteiger partial charge is 0.259 e. The van der Waals surface area contributed by atoms with Crippen molar-refractivity contribution in [3.8, 4) is 0 Å². The van der Waals surface area contributed by atoms with Crippen LogP contribution in [0.3, 0.4) is 0 Å². The molecule has 1 unspecified atom stereocenters. The highest BCUT2D eigenvalue weighted by molar-refractivity contribution is 7.18. The summed E-state index contributed by atoms with van der Waals surface area (Å²) in [5, 5.41) is 4.28. The van der Waals surface area contributed by atoms with Gasteiger partial charge in [0.25, 0.3) is 5.56 Å². The zero-order valence-electron chi connectivity index (χ0n) is 13.0. The molecule has 5 heteroatoms. The lowest BCUT2D eigenvalue weighted by molar-refractivity contribution is 0.377. The molecule has 2 aromatic heterocycles. The number of rotatable bonds is 4. The van der Waals surface area contributed by atoms with Crippen LogP contribution < -0.4 is 10.9 Å². The van der Waals surface area contributed by atoms with Crippen molar-refractivity contribution < 1.29 is 0 Å². The summed E-state index contributed by atoms with van der Waals surface area (Å²) in [6.07, 6.45) is 5.35. The molecule has 2 heterocycles. The average Bonchev–Trinajstić information content (AvgIpc) is 3.06. The molecule has 0 aliphatic heterocycles. The quantitative estimate of drug-likeness (QED) is 0.911. The lowest BCUT2D eigenvalue weighted by Gasteiger charge is -2.19. The SMILES string of the molecule is Cc1sc2nc(CNC(C)C3CCCC3)[nH]c(=O)c2c1C. The highest BCUT2D eigenvalue weighted by Gasteiger charge is 2.21. The van der Waals surface area contributed by atoms with E-state index in [4.69, 9.17) is 0 Å². The molecule has 0 aromatic carbocycles. The monoisotopic (exact) mass is 305 g/mol. The third-order valence-electron chi connectivity index (χ3n) is 4.79. The Labute approximate surface area is 129 Å². The lowest BCUT2D eigenvalue weighted by atomic mass is 10.00. The molecule has 2 aromatic rings. The minimum atomic E-state index is -0.00725. The lowest BCUT2D eigenvalue weighted by Crippen LogP contribution is -2.32. The second-order valence-electron chi connectivity index (χ2n) is 6.19. The third kappa shape index (κ3) is 2.90. The molecule has 1 atom stereocenters. The van der Waals surface area contributed by atoms with E-state index in [1.807, 2.05) is 13.8 Å². The summed E-state index contributed by atoms with van der Waals surface area (Å²) in [5.41, 5.74) is 1.05. The second-order valence-corrected chi connectivity index (χ2v) is 7.39. The molecule has 4 nitrogen and oxygen atoms in total. The Morgan fingerprint density at radius 2 is 2.10 bits per heavy atom. The first-order valence-corrected chi connectivity index (χ1v) is 8.60. The van der Waals surface area contributed by atoms with Crippen LogP contribution >= 0.6 is 11.3 Å². The van der Waals surface area contributed by atoms with Crippen LogP contribution in [-0.2, 0) is 6.54 Å². The summed E-state index contributed by atoms with van der Waals surface area (Å²) in [4.78, 5) is 21.8. The molecule has 0 saturated heterocycles. The number of hydrogen-bond donors (Lipinski definition) is 2. The van der Waals surface area contributed by atoms with Crippen molar-refractivity contribution in [2.45, 2.75) is 59.0 Å². The van der Waals surface area contributed by atoms with Gasteiger partial charge < -0.3 is 10.3 Å². The van der Waals surface area contributed by atoms with Crippen LogP contribution in [0.25, 0.3) is 10.2 Å². The Morgan fingerprint density at radius 3 is 2.81 bits per heavy atom. The van der Waals surface area contributed by atoms with Gasteiger partial charge in [0.15, 0.2) is 0 Å². The number of thiophene rings is 1. The largest absolute Gasteiger partial charge is 0.309 e. The van der Waals surface area contributed by atoms with Gasteiger partial charge in [0.1, 0.15) is 10.7 Å². The summed E-state index contributed by atoms with van der Waals surface area (Å²) in [7, 11) is 0. The van der Waals surface area contributed by atoms with E-state index in [0.717, 1.165) is 27.5 Å². The Morgan fingerprint density at radius 1 is 1.38 bits per heavy atom. The third-order valence-corrected chi connectivity index (χ3v) is 5.89. The van der Waals surface area contributed by atoms with Crippen LogP contribution in [-0.4, -0.2) is 16.0 Å². The van der Waals surface area contributed by atoms with E-state index in [0.29, 0.717) is 12.6 Å². The highest BCUT2D eigenvalue weighted by Crippen LogP contribution is 2.28. The number of aryl methyl sites for hydroxylation is 2. The number of aromatic nitrogens is 2. The van der Waals surface area contributed by atoms with Gasteiger partial charge in [-0.15, -0.1) is 11.3 Å². The first-order valence-electron chi connectivity index (χ1n) is 7.78. The van der Waals surface area contributed by atoms with Gasteiger partial charge >= 0.3 is 0 Å². The van der Waals surface area contributed by atoms with Crippen LogP contribution in [0.5, 0.6) is 0 Å². The van der Waals surface area contributed by atoms with Gasteiger partial charge in [0.05, 0.1) is 11.9 Å². The molecule has 2 N–H and O–H groups in total. The van der Waals surface area contributed by atoms with Gasteiger partial charge in [-0.25, -0.2) is 4.98 Å². The molecule has 0 radical (unpaired) electrons. The van der Waals surface area contributed by atoms with Gasteiger partial charge in [-0.05, 0) is 45.1 Å². The Balaban J connectivity index is 1.77. The Bertz CT molecular complexity index is 697. The number of hydrogen-bond acceptors (Lipinski definition) is 4. The molecular weight excluding hydrogens is 282 g/mol. The van der Waals surface area contributed by atoms with Crippen molar-refractivity contribution in [3.63, 3.8) is 0 Å². The van der Waals surface area contributed by atoms with Crippen LogP contribution in [0.15, 0.2) is 4.79 Å². The van der Waals surface area contributed by atoms with E-state index < -0.39 is 0 Å². The first kappa shape index (κ1) is 14.7. The number of fused-ring (bicyclic) bond motifs is 1. The molecule has 1 aliphatic rings. The van der Waals surface area contributed by atoms with Crippen molar-refractivity contribution in [1.29, 1.82) is 0 Å². The van der Waals surface area contributed by atoms with Gasteiger partial charge in [-0.3, -0.25) is 4.79 Å². The van der Waals surface area contributed by atoms with Gasteiger partial charge in [-0.2, -0.15) is 0 Å². The highest BCUT2D eigenvalue weighted by atomic mass is 32.1. The van der Waals surface area contributed by atoms with Crippen LogP contribution in [0.4, 0.5) is 0 Å². The minimum absolute atomic E-state index is 0.00725. The van der Waals surface area contributed by atoms with E-state index in [-0.39, 0.29) is 5.56 Å². The van der Waals surface area contributed by atoms with Crippen LogP contribution in [0, 0.1) is 19.8 Å². The molecule has 1 fully saturated rings. The minimum Gasteiger partial charge on any atom is -0.309 e. The molecule has 3 rings (SSSR count). The number of H-pyrrole nitrogens is 1. The van der Waals surface area contributed by atoms with E-state index in [1.54, 1.807) is 11.3 Å². The van der Waals surface area contributed by atoms with E-state index in [1.165, 1.54) is 30.6 Å². The van der Waals surface area contributed by atoms with E-state index >= 15 is 0 Å². The molecule has 114 valence electrons. The maximum Gasteiger partial charge on any atom is 0.259 e. The molecule has 0 bridgehead atoms. The van der Waals surface area contributed by atoms with Crippen molar-refractivity contribution in [2.75, 3.05) is 0 Å². The normalized spacial score (nSPS) is 17.7. The second kappa shape index (κ2) is 5.89. The number of aromatic amines is 1. The maximum absolute atomic E-state index is 12.2. The summed E-state index contributed by atoms with van der Waals surface area (Å²) in [6.45, 7) is 6.91. The van der Waals surface area contributed by atoms with Gasteiger partial charge in [-0.1, -0.05) is 12.8 Å². The molecule has 1 saturated carbocycles. The van der Waals surface area contributed by atoms with E-state index in [2.05, 4.69) is 22.2 Å². The summed E-state index contributed by atoms with van der Waals surface area (Å²) >= 11 is 1.61. The fourth-order valence-corrected chi connectivity index (χ4v) is 4.31. The van der Waals surface area contributed by atoms with Gasteiger partial charge in [0, 0.05) is 10.9 Å². The van der Waals surface area contributed by atoms with Crippen molar-refractivity contribution >= 4 is 21.6 Å². The Hall–Kier alpha value is -1.20. The fraction of sp³-hybridized carbons (Fsp3) is 0.625. The summed E-state index contributed by atoms with van der Waals surface area (Å²) in [6, 6.07) is 0.486. The van der Waals surface area contributed by atoms with Gasteiger partial charge in [0.2, 0.25) is 0 Å². The number of nitrogens with one attached hydrogen (secondary N) is 2. The average molecular weight is 305 g/mol. The summed E-state index contributed by atoms with van der Waals surface area (Å²) < 4.78 is 0. The molecule has 21 heavy (non-hydrogen) atoms. The molecule has 0 spiro atoms. The summed E-state index contributed by atoms with van der Waals surface area (Å²) in [5.74, 6) is 1.52. The fourth-order valence-electron chi connectivity index (χ4n) is 3.26. The van der Waals surface area contributed by atoms with Crippen LogP contribution in [0.1, 0.15) is 48.9 Å². The standard InChI is InChI=1S/C16H23N3OS/c1-9-11(3)21-16-14(9)15(20)18-13(19-16)8-17-10(2)12-6-4-5-7-12/h10,12,17H,4-8H2,1-3H3,(H,18,19,20). The zero-order chi connectivity index (χ0) is 15.0. The Kier molecular flexibility index (Phi) is 4.13. The van der Waals surface area contributed by atoms with E-state index in [9.17, 15) is 4.79 Å². The van der Waals surface area contributed by atoms with Crippen molar-refractivity contribution in [3.05, 3.63) is 26.6 Å². The zero-order valence-corrected chi connectivity index (χ0v) is 13.8. The van der Waals surface area contributed by atoms with Crippen LogP contribution in [0.2, 0.25) is 0 Å². The maximum atomic E-state index is 12.2.